The number of nitrogens with one attached hydrogen (secondary N) is 1. The molecule has 1 atom stereocenters. The zero-order valence-electron chi connectivity index (χ0n) is 15.6. The largest absolute Gasteiger partial charge is 0.490 e. The summed E-state index contributed by atoms with van der Waals surface area (Å²) in [6, 6.07) is 10.3. The third-order valence-corrected chi connectivity index (χ3v) is 3.67. The van der Waals surface area contributed by atoms with Gasteiger partial charge in [0.2, 0.25) is 5.91 Å². The van der Waals surface area contributed by atoms with E-state index < -0.39 is 17.9 Å². The molecule has 0 fully saturated rings. The molecule has 2 aromatic carbocycles. The summed E-state index contributed by atoms with van der Waals surface area (Å²) in [4.78, 5) is 23.2. The first-order chi connectivity index (χ1) is 12.8. The van der Waals surface area contributed by atoms with Crippen LogP contribution in [0, 0.1) is 0 Å². The summed E-state index contributed by atoms with van der Waals surface area (Å²) in [7, 11) is 0. The van der Waals surface area contributed by atoms with Gasteiger partial charge in [-0.15, -0.1) is 0 Å². The number of benzene rings is 2. The maximum absolute atomic E-state index is 11.8. The molecule has 27 heavy (non-hydrogen) atoms. The average molecular weight is 372 g/mol. The van der Waals surface area contributed by atoms with E-state index in [1.807, 2.05) is 20.8 Å². The Balaban J connectivity index is 2.35. The molecular formula is C20H24N2O5. The molecule has 2 rings (SSSR count). The Morgan fingerprint density at radius 2 is 1.89 bits per heavy atom. The number of aliphatic carboxylic acids is 1. The highest BCUT2D eigenvalue weighted by Gasteiger charge is 2.22. The van der Waals surface area contributed by atoms with Gasteiger partial charge in [-0.3, -0.25) is 4.79 Å². The van der Waals surface area contributed by atoms with Crippen molar-refractivity contribution in [3.8, 4) is 11.5 Å². The van der Waals surface area contributed by atoms with Gasteiger partial charge in [-0.2, -0.15) is 0 Å². The lowest BCUT2D eigenvalue weighted by atomic mass is 10.1. The van der Waals surface area contributed by atoms with E-state index in [1.54, 1.807) is 36.4 Å². The Bertz CT molecular complexity index is 820. The Hall–Kier alpha value is -3.22. The van der Waals surface area contributed by atoms with E-state index in [2.05, 4.69) is 5.32 Å². The number of hydrogen-bond acceptors (Lipinski definition) is 5. The van der Waals surface area contributed by atoms with Crippen LogP contribution in [0.2, 0.25) is 0 Å². The smallest absolute Gasteiger partial charge is 0.330 e. The molecule has 0 aliphatic rings. The van der Waals surface area contributed by atoms with Crippen molar-refractivity contribution in [1.82, 2.24) is 0 Å². The highest BCUT2D eigenvalue weighted by atomic mass is 16.5. The summed E-state index contributed by atoms with van der Waals surface area (Å²) < 4.78 is 11.3. The van der Waals surface area contributed by atoms with E-state index in [1.165, 1.54) is 6.07 Å². The van der Waals surface area contributed by atoms with Gasteiger partial charge in [0.15, 0.2) is 17.5 Å². The van der Waals surface area contributed by atoms with Crippen molar-refractivity contribution in [2.24, 2.45) is 5.73 Å². The Morgan fingerprint density at radius 1 is 1.15 bits per heavy atom. The lowest BCUT2D eigenvalue weighted by molar-refractivity contribution is -0.138. The monoisotopic (exact) mass is 372 g/mol. The minimum Gasteiger partial charge on any atom is -0.490 e. The van der Waals surface area contributed by atoms with E-state index in [4.69, 9.17) is 15.2 Å². The molecule has 0 radical (unpaired) electrons. The molecule has 0 spiro atoms. The van der Waals surface area contributed by atoms with Crippen LogP contribution in [0.5, 0.6) is 11.5 Å². The van der Waals surface area contributed by atoms with Gasteiger partial charge >= 0.3 is 5.97 Å². The molecule has 144 valence electrons. The van der Waals surface area contributed by atoms with Crippen LogP contribution in [-0.4, -0.2) is 29.7 Å². The van der Waals surface area contributed by atoms with Crippen molar-refractivity contribution in [2.45, 2.75) is 32.9 Å². The first-order valence-corrected chi connectivity index (χ1v) is 8.64. The van der Waals surface area contributed by atoms with Crippen molar-refractivity contribution in [3.63, 3.8) is 0 Å². The number of carbonyl (C=O) groups is 2. The van der Waals surface area contributed by atoms with Crippen molar-refractivity contribution in [2.75, 3.05) is 11.9 Å². The second-order valence-electron chi connectivity index (χ2n) is 6.17. The van der Waals surface area contributed by atoms with E-state index in [0.29, 0.717) is 34.9 Å². The maximum Gasteiger partial charge on any atom is 0.330 e. The molecular weight excluding hydrogens is 348 g/mol. The van der Waals surface area contributed by atoms with Crippen LogP contribution in [0.15, 0.2) is 42.5 Å². The van der Waals surface area contributed by atoms with Crippen LogP contribution in [0.1, 0.15) is 42.7 Å². The van der Waals surface area contributed by atoms with Crippen LogP contribution in [-0.2, 0) is 4.79 Å². The molecule has 4 N–H and O–H groups in total. The molecule has 0 aliphatic heterocycles. The topological polar surface area (TPSA) is 111 Å². The van der Waals surface area contributed by atoms with Gasteiger partial charge < -0.3 is 25.6 Å². The molecule has 2 aromatic rings. The molecule has 1 amide bonds. The minimum absolute atomic E-state index is 0.0417. The summed E-state index contributed by atoms with van der Waals surface area (Å²) in [5, 5.41) is 12.6. The number of carbonyl (C=O) groups excluding carboxylic acids is 1. The third kappa shape index (κ3) is 5.37. The molecule has 0 bridgehead atoms. The SMILES string of the molecule is CCOc1cc(C(Nc2cccc(C(N)=O)c2)C(=O)O)ccc1OC(C)C. The number of nitrogens with two attached hydrogens (primary N) is 1. The molecule has 0 saturated heterocycles. The molecule has 0 aromatic heterocycles. The first kappa shape index (κ1) is 20.1. The zero-order chi connectivity index (χ0) is 20.0. The Kier molecular flexibility index (Phi) is 6.65. The Labute approximate surface area is 158 Å². The van der Waals surface area contributed by atoms with Crippen molar-refractivity contribution in [3.05, 3.63) is 53.6 Å². The quantitative estimate of drug-likeness (QED) is 0.623. The molecule has 1 unspecified atom stereocenters. The second-order valence-corrected chi connectivity index (χ2v) is 6.17. The van der Waals surface area contributed by atoms with Crippen LogP contribution in [0.3, 0.4) is 0 Å². The van der Waals surface area contributed by atoms with Crippen LogP contribution in [0.4, 0.5) is 5.69 Å². The minimum atomic E-state index is -1.07. The van der Waals surface area contributed by atoms with E-state index in [9.17, 15) is 14.7 Å². The zero-order valence-corrected chi connectivity index (χ0v) is 15.6. The number of carboxylic acids is 1. The van der Waals surface area contributed by atoms with E-state index in [0.717, 1.165) is 0 Å². The van der Waals surface area contributed by atoms with Crippen LogP contribution < -0.4 is 20.5 Å². The van der Waals surface area contributed by atoms with Gasteiger partial charge in [0.25, 0.3) is 0 Å². The number of ether oxygens (including phenoxy) is 2. The number of rotatable bonds is 9. The number of carboxylic acid groups (broad SMARTS) is 1. The Morgan fingerprint density at radius 3 is 2.48 bits per heavy atom. The predicted molar refractivity (Wildman–Crippen MR) is 102 cm³/mol. The summed E-state index contributed by atoms with van der Waals surface area (Å²) in [5.74, 6) is -0.628. The maximum atomic E-state index is 11.8. The number of anilines is 1. The molecule has 0 saturated carbocycles. The lowest BCUT2D eigenvalue weighted by Gasteiger charge is -2.20. The van der Waals surface area contributed by atoms with Crippen molar-refractivity contribution < 1.29 is 24.2 Å². The summed E-state index contributed by atoms with van der Waals surface area (Å²) in [6.07, 6.45) is -0.0417. The van der Waals surface area contributed by atoms with Gasteiger partial charge in [-0.05, 0) is 56.7 Å². The molecule has 0 heterocycles. The second kappa shape index (κ2) is 8.93. The highest BCUT2D eigenvalue weighted by molar-refractivity contribution is 5.94. The van der Waals surface area contributed by atoms with Gasteiger partial charge in [-0.25, -0.2) is 4.79 Å². The molecule has 7 heteroatoms. The van der Waals surface area contributed by atoms with Crippen molar-refractivity contribution >= 4 is 17.6 Å². The van der Waals surface area contributed by atoms with Gasteiger partial charge in [0.05, 0.1) is 12.7 Å². The van der Waals surface area contributed by atoms with Crippen LogP contribution in [0.25, 0.3) is 0 Å². The number of hydrogen-bond donors (Lipinski definition) is 3. The van der Waals surface area contributed by atoms with E-state index >= 15 is 0 Å². The van der Waals surface area contributed by atoms with Gasteiger partial charge in [-0.1, -0.05) is 12.1 Å². The van der Waals surface area contributed by atoms with E-state index in [-0.39, 0.29) is 6.10 Å². The lowest BCUT2D eigenvalue weighted by Crippen LogP contribution is -2.21. The summed E-state index contributed by atoms with van der Waals surface area (Å²) in [6.45, 7) is 6.06. The molecule has 0 aliphatic carbocycles. The third-order valence-electron chi connectivity index (χ3n) is 3.67. The number of primary amides is 1. The summed E-state index contributed by atoms with van der Waals surface area (Å²) >= 11 is 0. The average Bonchev–Trinajstić information content (AvgIpc) is 2.61. The number of amides is 1. The fourth-order valence-corrected chi connectivity index (χ4v) is 2.54. The summed E-state index contributed by atoms with van der Waals surface area (Å²) in [5.41, 5.74) is 6.54. The molecule has 7 nitrogen and oxygen atoms in total. The normalized spacial score (nSPS) is 11.7. The fraction of sp³-hybridized carbons (Fsp3) is 0.300. The van der Waals surface area contributed by atoms with Crippen LogP contribution >= 0.6 is 0 Å². The first-order valence-electron chi connectivity index (χ1n) is 8.64. The van der Waals surface area contributed by atoms with Gasteiger partial charge in [0, 0.05) is 11.3 Å². The van der Waals surface area contributed by atoms with Gasteiger partial charge in [0.1, 0.15) is 0 Å². The fourth-order valence-electron chi connectivity index (χ4n) is 2.54. The highest BCUT2D eigenvalue weighted by Crippen LogP contribution is 2.32. The standard InChI is InChI=1S/C20H24N2O5/c1-4-26-17-11-13(8-9-16(17)27-12(2)3)18(20(24)25)22-15-7-5-6-14(10-15)19(21)23/h5-12,18,22H,4H2,1-3H3,(H2,21,23)(H,24,25). The van der Waals surface area contributed by atoms with Crippen molar-refractivity contribution in [1.29, 1.82) is 0 Å². The predicted octanol–water partition coefficient (Wildman–Crippen LogP) is 3.21.